The number of aromatic nitrogens is 4. The van der Waals surface area contributed by atoms with E-state index < -0.39 is 44.1 Å². The first-order valence-corrected chi connectivity index (χ1v) is 13.8. The lowest BCUT2D eigenvalue weighted by molar-refractivity contribution is -0.0658. The van der Waals surface area contributed by atoms with Crippen molar-refractivity contribution in [2.45, 2.75) is 36.7 Å². The molecule has 16 heteroatoms. The van der Waals surface area contributed by atoms with E-state index in [1.807, 2.05) is 23.1 Å². The predicted molar refractivity (Wildman–Crippen MR) is 129 cm³/mol. The van der Waals surface area contributed by atoms with Crippen molar-refractivity contribution in [3.05, 3.63) is 45.8 Å². The van der Waals surface area contributed by atoms with Gasteiger partial charge in [-0.1, -0.05) is 17.7 Å². The van der Waals surface area contributed by atoms with Crippen molar-refractivity contribution in [1.82, 2.24) is 19.7 Å². The molecule has 0 saturated carbocycles. The first-order chi connectivity index (χ1) is 17.5. The zero-order valence-electron chi connectivity index (χ0n) is 19.0. The first-order valence-electron chi connectivity index (χ1n) is 11.3. The first kappa shape index (κ1) is 25.4. The summed E-state index contributed by atoms with van der Waals surface area (Å²) >= 11 is 12.4. The van der Waals surface area contributed by atoms with Gasteiger partial charge in [-0.05, 0) is 34.9 Å². The van der Waals surface area contributed by atoms with Crippen LogP contribution in [-0.2, 0) is 31.0 Å². The van der Waals surface area contributed by atoms with Gasteiger partial charge in [0.1, 0.15) is 36.1 Å². The van der Waals surface area contributed by atoms with Gasteiger partial charge in [0.15, 0.2) is 11.9 Å². The third kappa shape index (κ3) is 4.43. The molecule has 0 unspecified atom stereocenters. The summed E-state index contributed by atoms with van der Waals surface area (Å²) in [7, 11) is -4.39. The third-order valence-electron chi connectivity index (χ3n) is 6.78. The molecule has 0 amide bonds. The summed E-state index contributed by atoms with van der Waals surface area (Å²) in [4.78, 5) is 28.6. The van der Waals surface area contributed by atoms with Crippen molar-refractivity contribution in [2.75, 3.05) is 30.9 Å². The zero-order valence-corrected chi connectivity index (χ0v) is 21.4. The number of aliphatic hydroxyl groups is 2. The molecule has 1 aromatic carbocycles. The van der Waals surface area contributed by atoms with Gasteiger partial charge in [-0.25, -0.2) is 4.68 Å². The van der Waals surface area contributed by atoms with Gasteiger partial charge >= 0.3 is 7.60 Å². The van der Waals surface area contributed by atoms with Crippen molar-refractivity contribution < 1.29 is 38.8 Å². The summed E-state index contributed by atoms with van der Waals surface area (Å²) in [6, 6.07) is 5.73. The van der Waals surface area contributed by atoms with Gasteiger partial charge in [0, 0.05) is 5.02 Å². The van der Waals surface area contributed by atoms with Gasteiger partial charge in [-0.3, -0.25) is 4.57 Å². The number of nitrogens with zero attached hydrogens (tertiary/aromatic N) is 5. The van der Waals surface area contributed by atoms with Crippen LogP contribution in [0.25, 0.3) is 11.0 Å². The number of ether oxygens (including phenoxy) is 3. The Morgan fingerprint density at radius 2 is 1.97 bits per heavy atom. The molecule has 3 aromatic rings. The number of halogens is 2. The maximum atomic E-state index is 11.0. The maximum Gasteiger partial charge on any atom is 0.350 e. The van der Waals surface area contributed by atoms with Crippen LogP contribution in [0.5, 0.6) is 0 Å². The molecule has 1 spiro atoms. The maximum absolute atomic E-state index is 11.0. The van der Waals surface area contributed by atoms with Crippen LogP contribution < -0.4 is 4.90 Å². The molecule has 0 radical (unpaired) electrons. The van der Waals surface area contributed by atoms with Gasteiger partial charge in [0.25, 0.3) is 0 Å². The minimum absolute atomic E-state index is 0.0423. The smallest absolute Gasteiger partial charge is 0.350 e. The fourth-order valence-electron chi connectivity index (χ4n) is 5.07. The highest BCUT2D eigenvalue weighted by Gasteiger charge is 2.51. The molecular formula is C21H22Cl2N5O8P. The van der Waals surface area contributed by atoms with Crippen LogP contribution >= 0.6 is 30.8 Å². The molecule has 2 fully saturated rings. The molecule has 2 saturated heterocycles. The van der Waals surface area contributed by atoms with E-state index in [9.17, 15) is 14.8 Å². The Morgan fingerprint density at radius 1 is 1.19 bits per heavy atom. The van der Waals surface area contributed by atoms with Gasteiger partial charge in [0.05, 0.1) is 37.9 Å². The molecule has 3 aliphatic heterocycles. The highest BCUT2D eigenvalue weighted by Crippen LogP contribution is 2.46. The minimum atomic E-state index is -4.39. The van der Waals surface area contributed by atoms with Crippen molar-refractivity contribution in [3.63, 3.8) is 0 Å². The molecular weight excluding hydrogens is 552 g/mol. The van der Waals surface area contributed by atoms with Crippen LogP contribution in [0, 0.1) is 0 Å². The standard InChI is InChI=1S/C21H22Cl2N5O8P/c22-11-1-2-13-10(3-11)5-35-21(13)7-27(8-21)17-12-4-24-28(18(12)26-20(23)25-17)19-16(30)15(29)14(36-19)6-34-9-37(31,32)33/h1-4,14-16,19,29-30H,5-9H2,(H2,31,32,33)/t14-,15-,16-,19-/m1/s1. The van der Waals surface area contributed by atoms with Crippen molar-refractivity contribution in [2.24, 2.45) is 0 Å². The number of aliphatic hydroxyl groups excluding tert-OH is 2. The van der Waals surface area contributed by atoms with E-state index in [2.05, 4.69) is 15.1 Å². The summed E-state index contributed by atoms with van der Waals surface area (Å²) in [5.74, 6) is 0.535. The minimum Gasteiger partial charge on any atom is -0.387 e. The Morgan fingerprint density at radius 3 is 2.73 bits per heavy atom. The van der Waals surface area contributed by atoms with Gasteiger partial charge in [-0.2, -0.15) is 15.1 Å². The van der Waals surface area contributed by atoms with E-state index in [0.29, 0.717) is 35.9 Å². The van der Waals surface area contributed by atoms with Gasteiger partial charge < -0.3 is 39.1 Å². The quantitative estimate of drug-likeness (QED) is 0.245. The van der Waals surface area contributed by atoms with Crippen LogP contribution in [0.3, 0.4) is 0 Å². The molecule has 13 nitrogen and oxygen atoms in total. The lowest BCUT2D eigenvalue weighted by atomic mass is 9.85. The summed E-state index contributed by atoms with van der Waals surface area (Å²) in [6.07, 6.45) is -4.31. The molecule has 4 N–H and O–H groups in total. The van der Waals surface area contributed by atoms with Crippen molar-refractivity contribution >= 4 is 47.6 Å². The Hall–Kier alpha value is -1.90. The monoisotopic (exact) mass is 573 g/mol. The lowest BCUT2D eigenvalue weighted by Crippen LogP contribution is -2.59. The summed E-state index contributed by atoms with van der Waals surface area (Å²) in [5, 5.41) is 26.5. The SMILES string of the molecule is O=P(O)(O)COC[C@H]1O[C@@H](n2ncc3c(N4CC5(C4)OCc4cc(Cl)ccc45)nc(Cl)nc32)[C@H](O)[C@@H]1O. The normalized spacial score (nSPS) is 26.7. The Bertz CT molecular complexity index is 1410. The number of hydrogen-bond acceptors (Lipinski definition) is 10. The summed E-state index contributed by atoms with van der Waals surface area (Å²) in [5.41, 5.74) is 1.94. The van der Waals surface area contributed by atoms with Gasteiger partial charge in [-0.15, -0.1) is 0 Å². The largest absolute Gasteiger partial charge is 0.387 e. The van der Waals surface area contributed by atoms with Crippen LogP contribution in [0.15, 0.2) is 24.4 Å². The second kappa shape index (κ2) is 9.09. The molecule has 6 rings (SSSR count). The highest BCUT2D eigenvalue weighted by molar-refractivity contribution is 7.51. The Labute approximate surface area is 219 Å². The van der Waals surface area contributed by atoms with E-state index in [0.717, 1.165) is 11.1 Å². The lowest BCUT2D eigenvalue weighted by Gasteiger charge is -2.48. The summed E-state index contributed by atoms with van der Waals surface area (Å²) in [6.45, 7) is 1.17. The molecule has 5 heterocycles. The number of anilines is 1. The number of fused-ring (bicyclic) bond motifs is 3. The second-order valence-corrected chi connectivity index (χ2v) is 11.7. The van der Waals surface area contributed by atoms with Crippen LogP contribution in [-0.4, -0.2) is 84.1 Å². The fourth-order valence-corrected chi connectivity index (χ4v) is 5.77. The zero-order chi connectivity index (χ0) is 26.1. The fraction of sp³-hybridized carbons (Fsp3) is 0.476. The highest BCUT2D eigenvalue weighted by atomic mass is 35.5. The molecule has 37 heavy (non-hydrogen) atoms. The molecule has 0 bridgehead atoms. The van der Waals surface area contributed by atoms with Crippen LogP contribution in [0.2, 0.25) is 10.3 Å². The van der Waals surface area contributed by atoms with Gasteiger partial charge in [0.2, 0.25) is 5.28 Å². The van der Waals surface area contributed by atoms with Crippen LogP contribution in [0.4, 0.5) is 5.82 Å². The summed E-state index contributed by atoms with van der Waals surface area (Å²) < 4.78 is 29.1. The molecule has 4 atom stereocenters. The molecule has 3 aliphatic rings. The average Bonchev–Trinajstić information content (AvgIpc) is 3.46. The number of benzene rings is 1. The topological polar surface area (TPSA) is 173 Å². The molecule has 0 aliphatic carbocycles. The molecule has 198 valence electrons. The number of hydrogen-bond donors (Lipinski definition) is 4. The van der Waals surface area contributed by atoms with Crippen molar-refractivity contribution in [3.8, 4) is 0 Å². The van der Waals surface area contributed by atoms with E-state index in [1.165, 1.54) is 10.9 Å². The second-order valence-electron chi connectivity index (χ2n) is 9.29. The third-order valence-corrected chi connectivity index (χ3v) is 7.70. The number of rotatable bonds is 6. The average molecular weight is 574 g/mol. The Kier molecular flexibility index (Phi) is 6.24. The predicted octanol–water partition coefficient (Wildman–Crippen LogP) is 1.15. The molecule has 2 aromatic heterocycles. The van der Waals surface area contributed by atoms with E-state index in [4.69, 9.17) is 47.2 Å². The van der Waals surface area contributed by atoms with E-state index >= 15 is 0 Å². The van der Waals surface area contributed by atoms with Crippen molar-refractivity contribution in [1.29, 1.82) is 0 Å². The Balaban J connectivity index is 1.24. The van der Waals surface area contributed by atoms with E-state index in [-0.39, 0.29) is 17.5 Å². The van der Waals surface area contributed by atoms with E-state index in [1.54, 1.807) is 0 Å². The van der Waals surface area contributed by atoms with Crippen LogP contribution in [0.1, 0.15) is 17.4 Å².